The molecule has 3 rings (SSSR count). The average Bonchev–Trinajstić information content (AvgIpc) is 2.86. The third kappa shape index (κ3) is 3.33. The molecule has 1 aromatic heterocycles. The first kappa shape index (κ1) is 16.5. The summed E-state index contributed by atoms with van der Waals surface area (Å²) < 4.78 is 3.72. The number of nitrogens with zero attached hydrogens (tertiary/aromatic N) is 1. The van der Waals surface area contributed by atoms with E-state index in [4.69, 9.17) is 0 Å². The molecule has 0 N–H and O–H groups in total. The smallest absolute Gasteiger partial charge is 0.276 e. The summed E-state index contributed by atoms with van der Waals surface area (Å²) in [7, 11) is 0. The molecule has 21 heavy (non-hydrogen) atoms. The first-order chi connectivity index (χ1) is 9.81. The molecule has 4 heteroatoms. The van der Waals surface area contributed by atoms with E-state index in [0.29, 0.717) is 0 Å². The minimum Gasteiger partial charge on any atom is -1.00 e. The number of hydrogen-bond acceptors (Lipinski definition) is 2. The predicted octanol–water partition coefficient (Wildman–Crippen LogP) is 1.73. The van der Waals surface area contributed by atoms with Gasteiger partial charge in [-0.1, -0.05) is 47.7 Å². The zero-order valence-electron chi connectivity index (χ0n) is 11.9. The lowest BCUT2D eigenvalue weighted by Crippen LogP contribution is -3.00. The Labute approximate surface area is 151 Å². The van der Waals surface area contributed by atoms with E-state index in [2.05, 4.69) is 78.4 Å². The quantitative estimate of drug-likeness (QED) is 0.351. The van der Waals surface area contributed by atoms with Crippen molar-refractivity contribution in [3.05, 3.63) is 66.4 Å². The van der Waals surface area contributed by atoms with Crippen molar-refractivity contribution in [1.82, 2.24) is 0 Å². The molecule has 2 aromatic carbocycles. The van der Waals surface area contributed by atoms with Crippen LogP contribution < -0.4 is 28.5 Å². The number of halogens is 1. The Morgan fingerprint density at radius 3 is 2.05 bits per heavy atom. The van der Waals surface area contributed by atoms with Gasteiger partial charge in [-0.3, -0.25) is 0 Å². The van der Waals surface area contributed by atoms with Gasteiger partial charge in [0.1, 0.15) is 4.21 Å². The second-order valence-corrected chi connectivity index (χ2v) is 6.60. The SMILES string of the molecule is CSc1sc(-c2ccccc2)[n+](-c2ccccc2)c1C.[I-]. The van der Waals surface area contributed by atoms with Gasteiger partial charge in [-0.25, -0.2) is 0 Å². The highest BCUT2D eigenvalue weighted by molar-refractivity contribution is 8.00. The molecule has 0 radical (unpaired) electrons. The third-order valence-electron chi connectivity index (χ3n) is 3.24. The summed E-state index contributed by atoms with van der Waals surface area (Å²) in [5.41, 5.74) is 3.80. The van der Waals surface area contributed by atoms with E-state index in [9.17, 15) is 0 Å². The van der Waals surface area contributed by atoms with Gasteiger partial charge in [0.15, 0.2) is 0 Å². The number of benzene rings is 2. The fourth-order valence-electron chi connectivity index (χ4n) is 2.30. The Morgan fingerprint density at radius 2 is 1.48 bits per heavy atom. The zero-order valence-corrected chi connectivity index (χ0v) is 15.7. The minimum absolute atomic E-state index is 0. The Hall–Kier alpha value is -0.850. The Balaban J connectivity index is 0.00000161. The van der Waals surface area contributed by atoms with E-state index >= 15 is 0 Å². The monoisotopic (exact) mass is 425 g/mol. The summed E-state index contributed by atoms with van der Waals surface area (Å²) in [6.45, 7) is 2.20. The van der Waals surface area contributed by atoms with Crippen molar-refractivity contribution in [2.75, 3.05) is 6.26 Å². The zero-order chi connectivity index (χ0) is 13.9. The van der Waals surface area contributed by atoms with Crippen LogP contribution in [0.2, 0.25) is 0 Å². The topological polar surface area (TPSA) is 3.88 Å². The van der Waals surface area contributed by atoms with E-state index in [1.807, 2.05) is 23.1 Å². The van der Waals surface area contributed by atoms with Crippen LogP contribution >= 0.6 is 23.1 Å². The number of hydrogen-bond donors (Lipinski definition) is 0. The van der Waals surface area contributed by atoms with Gasteiger partial charge in [0.05, 0.1) is 5.56 Å². The molecule has 0 aliphatic carbocycles. The second-order valence-electron chi connectivity index (χ2n) is 4.52. The van der Waals surface area contributed by atoms with Gasteiger partial charge in [-0.15, -0.1) is 16.3 Å². The maximum atomic E-state index is 2.35. The Kier molecular flexibility index (Phi) is 5.84. The number of aromatic nitrogens is 1. The Bertz CT molecular complexity index is 708. The molecule has 0 bridgehead atoms. The molecule has 3 aromatic rings. The molecule has 0 fully saturated rings. The van der Waals surface area contributed by atoms with E-state index in [1.165, 1.54) is 26.2 Å². The van der Waals surface area contributed by atoms with E-state index in [1.54, 1.807) is 0 Å². The van der Waals surface area contributed by atoms with Crippen molar-refractivity contribution >= 4 is 23.1 Å². The van der Waals surface area contributed by atoms with Crippen molar-refractivity contribution in [2.24, 2.45) is 0 Å². The highest BCUT2D eigenvalue weighted by Crippen LogP contribution is 2.33. The summed E-state index contributed by atoms with van der Waals surface area (Å²) in [4.78, 5) is 0. The molecule has 0 amide bonds. The van der Waals surface area contributed by atoms with Crippen LogP contribution in [0.15, 0.2) is 64.9 Å². The van der Waals surface area contributed by atoms with Gasteiger partial charge >= 0.3 is 0 Å². The fourth-order valence-corrected chi connectivity index (χ4v) is 4.26. The van der Waals surface area contributed by atoms with Crippen molar-refractivity contribution in [1.29, 1.82) is 0 Å². The highest BCUT2D eigenvalue weighted by Gasteiger charge is 2.25. The maximum absolute atomic E-state index is 2.35. The van der Waals surface area contributed by atoms with Crippen LogP contribution in [0.5, 0.6) is 0 Å². The predicted molar refractivity (Wildman–Crippen MR) is 87.8 cm³/mol. The molecule has 0 spiro atoms. The molecule has 108 valence electrons. The third-order valence-corrected chi connectivity index (χ3v) is 5.75. The molecule has 0 atom stereocenters. The molecule has 1 heterocycles. The lowest BCUT2D eigenvalue weighted by atomic mass is 10.2. The van der Waals surface area contributed by atoms with Gasteiger partial charge in [-0.2, -0.15) is 0 Å². The normalized spacial score (nSPS) is 10.2. The standard InChI is InChI=1S/C17H16NS2.HI/c1-13-17(19-2)20-16(14-9-5-3-6-10-14)18(13)15-11-7-4-8-12-15;/h3-12H,1-2H3;1H/q+1;/p-1. The largest absolute Gasteiger partial charge is 1.00 e. The Morgan fingerprint density at radius 1 is 0.905 bits per heavy atom. The fraction of sp³-hybridized carbons (Fsp3) is 0.118. The van der Waals surface area contributed by atoms with Crippen molar-refractivity contribution in [2.45, 2.75) is 11.1 Å². The lowest BCUT2D eigenvalue weighted by molar-refractivity contribution is -0.587. The first-order valence-corrected chi connectivity index (χ1v) is 8.55. The van der Waals surface area contributed by atoms with Gasteiger partial charge in [0.25, 0.3) is 5.01 Å². The second kappa shape index (κ2) is 7.42. The van der Waals surface area contributed by atoms with Crippen LogP contribution in [0, 0.1) is 6.92 Å². The average molecular weight is 425 g/mol. The van der Waals surface area contributed by atoms with Crippen LogP contribution in [0.1, 0.15) is 5.69 Å². The van der Waals surface area contributed by atoms with Crippen molar-refractivity contribution in [3.8, 4) is 16.3 Å². The van der Waals surface area contributed by atoms with Crippen LogP contribution in [-0.4, -0.2) is 6.26 Å². The van der Waals surface area contributed by atoms with E-state index in [0.717, 1.165) is 0 Å². The molecule has 0 saturated heterocycles. The molecule has 0 aliphatic heterocycles. The van der Waals surface area contributed by atoms with E-state index in [-0.39, 0.29) is 24.0 Å². The molecular weight excluding hydrogens is 409 g/mol. The molecule has 0 unspecified atom stereocenters. The first-order valence-electron chi connectivity index (χ1n) is 6.51. The summed E-state index contributed by atoms with van der Waals surface area (Å²) in [5, 5.41) is 1.29. The van der Waals surface area contributed by atoms with Crippen LogP contribution in [0.25, 0.3) is 16.3 Å². The highest BCUT2D eigenvalue weighted by atomic mass is 127. The lowest BCUT2D eigenvalue weighted by Gasteiger charge is -1.99. The van der Waals surface area contributed by atoms with Gasteiger partial charge in [-0.05, 0) is 18.4 Å². The number of para-hydroxylation sites is 1. The van der Waals surface area contributed by atoms with Gasteiger partial charge in [0.2, 0.25) is 11.4 Å². The molecule has 0 saturated carbocycles. The number of rotatable bonds is 3. The molecule has 1 nitrogen and oxygen atoms in total. The van der Waals surface area contributed by atoms with Crippen LogP contribution in [-0.2, 0) is 0 Å². The van der Waals surface area contributed by atoms with Gasteiger partial charge < -0.3 is 24.0 Å². The molecule has 0 aliphatic rings. The minimum atomic E-state index is 0. The van der Waals surface area contributed by atoms with Crippen LogP contribution in [0.4, 0.5) is 0 Å². The summed E-state index contributed by atoms with van der Waals surface area (Å²) >= 11 is 3.68. The van der Waals surface area contributed by atoms with Crippen LogP contribution in [0.3, 0.4) is 0 Å². The molecular formula is C17H16INS2. The number of thioether (sulfide) groups is 1. The van der Waals surface area contributed by atoms with E-state index < -0.39 is 0 Å². The summed E-state index contributed by atoms with van der Waals surface area (Å²) in [6.07, 6.45) is 2.14. The number of thiazole rings is 1. The van der Waals surface area contributed by atoms with Crippen molar-refractivity contribution in [3.63, 3.8) is 0 Å². The maximum Gasteiger partial charge on any atom is 0.276 e. The van der Waals surface area contributed by atoms with Crippen molar-refractivity contribution < 1.29 is 28.5 Å². The summed E-state index contributed by atoms with van der Waals surface area (Å²) in [5.74, 6) is 0. The van der Waals surface area contributed by atoms with Gasteiger partial charge in [0, 0.05) is 19.1 Å². The summed E-state index contributed by atoms with van der Waals surface area (Å²) in [6, 6.07) is 21.2.